The first-order valence-corrected chi connectivity index (χ1v) is 12.1. The van der Waals surface area contributed by atoms with Crippen molar-refractivity contribution in [3.63, 3.8) is 0 Å². The third-order valence-corrected chi connectivity index (χ3v) is 6.87. The molecule has 1 heteroatoms. The van der Waals surface area contributed by atoms with E-state index >= 15 is 0 Å². The van der Waals surface area contributed by atoms with Crippen LogP contribution in [0, 0.1) is 11.7 Å². The van der Waals surface area contributed by atoms with E-state index in [9.17, 15) is 4.39 Å². The molecule has 3 rings (SSSR count). The first-order valence-electron chi connectivity index (χ1n) is 12.1. The average Bonchev–Trinajstić information content (AvgIpc) is 2.75. The van der Waals surface area contributed by atoms with Crippen molar-refractivity contribution < 1.29 is 4.39 Å². The van der Waals surface area contributed by atoms with Gasteiger partial charge in [-0.15, -0.1) is 0 Å². The molecule has 0 amide bonds. The van der Waals surface area contributed by atoms with Gasteiger partial charge in [0, 0.05) is 0 Å². The van der Waals surface area contributed by atoms with Crippen LogP contribution >= 0.6 is 0 Å². The van der Waals surface area contributed by atoms with E-state index in [2.05, 4.69) is 44.2 Å². The van der Waals surface area contributed by atoms with Gasteiger partial charge in [-0.1, -0.05) is 75.9 Å². The van der Waals surface area contributed by atoms with Crippen molar-refractivity contribution in [3.8, 4) is 0 Å². The summed E-state index contributed by atoms with van der Waals surface area (Å²) in [5.41, 5.74) is 4.81. The Hall–Kier alpha value is -1.63. The topological polar surface area (TPSA) is 0 Å². The van der Waals surface area contributed by atoms with Crippen LogP contribution in [0.2, 0.25) is 0 Å². The molecule has 0 atom stereocenters. The van der Waals surface area contributed by atoms with Gasteiger partial charge in [-0.05, 0) is 91.5 Å². The summed E-state index contributed by atoms with van der Waals surface area (Å²) in [6, 6.07) is 15.0. The highest BCUT2D eigenvalue weighted by Crippen LogP contribution is 2.37. The highest BCUT2D eigenvalue weighted by Gasteiger charge is 2.22. The predicted molar refractivity (Wildman–Crippen MR) is 123 cm³/mol. The van der Waals surface area contributed by atoms with Crippen LogP contribution in [0.25, 0.3) is 0 Å². The molecule has 2 aromatic carbocycles. The molecule has 0 spiro atoms. The number of benzene rings is 2. The van der Waals surface area contributed by atoms with Crippen molar-refractivity contribution in [2.45, 2.75) is 96.8 Å². The van der Waals surface area contributed by atoms with Gasteiger partial charge in [0.25, 0.3) is 0 Å². The Kier molecular flexibility index (Phi) is 8.77. The number of halogens is 1. The summed E-state index contributed by atoms with van der Waals surface area (Å²) < 4.78 is 14.7. The van der Waals surface area contributed by atoms with Gasteiger partial charge in [-0.2, -0.15) is 0 Å². The van der Waals surface area contributed by atoms with E-state index in [-0.39, 0.29) is 5.82 Å². The van der Waals surface area contributed by atoms with Crippen LogP contribution in [-0.4, -0.2) is 0 Å². The summed E-state index contributed by atoms with van der Waals surface area (Å²) in [6.07, 6.45) is 14.4. The SMILES string of the molecule is CCCCCc1ccc(CCc2ccc(C3CCC(CCC)CC3)cc2F)cc1. The second-order valence-electron chi connectivity index (χ2n) is 9.13. The maximum absolute atomic E-state index is 14.7. The Morgan fingerprint density at radius 2 is 1.45 bits per heavy atom. The Balaban J connectivity index is 1.50. The molecule has 158 valence electrons. The molecule has 0 saturated heterocycles. The van der Waals surface area contributed by atoms with Gasteiger partial charge in [-0.3, -0.25) is 0 Å². The highest BCUT2D eigenvalue weighted by molar-refractivity contribution is 5.29. The molecule has 0 radical (unpaired) electrons. The van der Waals surface area contributed by atoms with E-state index in [0.717, 1.165) is 24.3 Å². The Morgan fingerprint density at radius 3 is 2.07 bits per heavy atom. The van der Waals surface area contributed by atoms with Crippen LogP contribution in [-0.2, 0) is 19.3 Å². The van der Waals surface area contributed by atoms with E-state index in [4.69, 9.17) is 0 Å². The normalized spacial score (nSPS) is 19.4. The van der Waals surface area contributed by atoms with Gasteiger partial charge < -0.3 is 0 Å². The molecular formula is C28H39F. The lowest BCUT2D eigenvalue weighted by Crippen LogP contribution is -2.13. The van der Waals surface area contributed by atoms with Crippen LogP contribution < -0.4 is 0 Å². The standard InChI is InChI=1S/C28H39F/c1-3-5-6-8-23-9-11-24(12-10-23)15-18-26-19-20-27(21-28(26)29)25-16-13-22(7-4-2)14-17-25/h9-12,19-22,25H,3-8,13-18H2,1-2H3. The molecule has 0 aromatic heterocycles. The van der Waals surface area contributed by atoms with Crippen LogP contribution in [0.5, 0.6) is 0 Å². The summed E-state index contributed by atoms with van der Waals surface area (Å²) in [7, 11) is 0. The van der Waals surface area contributed by atoms with Crippen molar-refractivity contribution in [1.29, 1.82) is 0 Å². The summed E-state index contributed by atoms with van der Waals surface area (Å²) in [5, 5.41) is 0. The number of rotatable bonds is 10. The summed E-state index contributed by atoms with van der Waals surface area (Å²) >= 11 is 0. The molecule has 1 fully saturated rings. The number of aryl methyl sites for hydroxylation is 3. The van der Waals surface area contributed by atoms with Gasteiger partial charge in [0.2, 0.25) is 0 Å². The zero-order valence-electron chi connectivity index (χ0n) is 18.6. The molecule has 0 N–H and O–H groups in total. The fraction of sp³-hybridized carbons (Fsp3) is 0.571. The first-order chi connectivity index (χ1) is 14.2. The Bertz CT molecular complexity index is 722. The van der Waals surface area contributed by atoms with Gasteiger partial charge >= 0.3 is 0 Å². The molecule has 2 aromatic rings. The highest BCUT2D eigenvalue weighted by atomic mass is 19.1. The minimum Gasteiger partial charge on any atom is -0.207 e. The van der Waals surface area contributed by atoms with E-state index < -0.39 is 0 Å². The number of hydrogen-bond donors (Lipinski definition) is 0. The van der Waals surface area contributed by atoms with E-state index in [1.165, 1.54) is 80.9 Å². The average molecular weight is 395 g/mol. The first kappa shape index (κ1) is 22.1. The number of unbranched alkanes of at least 4 members (excludes halogenated alkanes) is 2. The molecule has 0 bridgehead atoms. The van der Waals surface area contributed by atoms with Crippen molar-refractivity contribution in [2.24, 2.45) is 5.92 Å². The molecule has 1 saturated carbocycles. The minimum absolute atomic E-state index is 0.00522. The maximum Gasteiger partial charge on any atom is 0.126 e. The van der Waals surface area contributed by atoms with E-state index in [1.54, 1.807) is 0 Å². The monoisotopic (exact) mass is 394 g/mol. The zero-order valence-corrected chi connectivity index (χ0v) is 18.6. The smallest absolute Gasteiger partial charge is 0.126 e. The second kappa shape index (κ2) is 11.5. The van der Waals surface area contributed by atoms with Gasteiger partial charge in [0.05, 0.1) is 0 Å². The van der Waals surface area contributed by atoms with Crippen molar-refractivity contribution >= 4 is 0 Å². The van der Waals surface area contributed by atoms with Gasteiger partial charge in [-0.25, -0.2) is 4.39 Å². The van der Waals surface area contributed by atoms with Crippen molar-refractivity contribution in [2.75, 3.05) is 0 Å². The Morgan fingerprint density at radius 1 is 0.759 bits per heavy atom. The van der Waals surface area contributed by atoms with Crippen LogP contribution in [0.3, 0.4) is 0 Å². The quantitative estimate of drug-likeness (QED) is 0.355. The molecular weight excluding hydrogens is 355 g/mol. The van der Waals surface area contributed by atoms with Gasteiger partial charge in [0.1, 0.15) is 5.82 Å². The fourth-order valence-electron chi connectivity index (χ4n) is 4.94. The zero-order chi connectivity index (χ0) is 20.5. The third-order valence-electron chi connectivity index (χ3n) is 6.87. The number of hydrogen-bond acceptors (Lipinski definition) is 0. The summed E-state index contributed by atoms with van der Waals surface area (Å²) in [6.45, 7) is 4.52. The van der Waals surface area contributed by atoms with E-state index in [0.29, 0.717) is 5.92 Å². The minimum atomic E-state index is -0.00522. The molecule has 1 aliphatic rings. The van der Waals surface area contributed by atoms with E-state index in [1.807, 2.05) is 12.1 Å². The molecule has 0 heterocycles. The third kappa shape index (κ3) is 6.69. The second-order valence-corrected chi connectivity index (χ2v) is 9.13. The molecule has 0 nitrogen and oxygen atoms in total. The summed E-state index contributed by atoms with van der Waals surface area (Å²) in [4.78, 5) is 0. The van der Waals surface area contributed by atoms with Crippen LogP contribution in [0.4, 0.5) is 4.39 Å². The van der Waals surface area contributed by atoms with Crippen LogP contribution in [0.1, 0.15) is 99.8 Å². The summed E-state index contributed by atoms with van der Waals surface area (Å²) in [5.74, 6) is 1.46. The van der Waals surface area contributed by atoms with Crippen LogP contribution in [0.15, 0.2) is 42.5 Å². The predicted octanol–water partition coefficient (Wildman–Crippen LogP) is 8.42. The maximum atomic E-state index is 14.7. The van der Waals surface area contributed by atoms with Crippen molar-refractivity contribution in [3.05, 3.63) is 70.5 Å². The molecule has 0 unspecified atom stereocenters. The lowest BCUT2D eigenvalue weighted by atomic mass is 9.77. The fourth-order valence-corrected chi connectivity index (χ4v) is 4.94. The van der Waals surface area contributed by atoms with Crippen molar-refractivity contribution in [1.82, 2.24) is 0 Å². The molecule has 1 aliphatic carbocycles. The largest absolute Gasteiger partial charge is 0.207 e. The lowest BCUT2D eigenvalue weighted by molar-refractivity contribution is 0.308. The van der Waals surface area contributed by atoms with Gasteiger partial charge in [0.15, 0.2) is 0 Å². The molecule has 29 heavy (non-hydrogen) atoms. The lowest BCUT2D eigenvalue weighted by Gasteiger charge is -2.28. The molecule has 0 aliphatic heterocycles. The Labute approximate surface area is 177 Å².